The molecule has 0 saturated heterocycles. The van der Waals surface area contributed by atoms with E-state index in [0.29, 0.717) is 22.5 Å². The molecule has 0 saturated carbocycles. The molecule has 4 aromatic rings. The first-order valence-corrected chi connectivity index (χ1v) is 12.8. The maximum absolute atomic E-state index is 13.0. The van der Waals surface area contributed by atoms with Gasteiger partial charge >= 0.3 is 5.97 Å². The number of H-pyrrole nitrogens is 1. The van der Waals surface area contributed by atoms with E-state index in [0.717, 1.165) is 11.3 Å². The molecule has 0 aliphatic carbocycles. The number of nitrogens with zero attached hydrogens (tertiary/aromatic N) is 3. The first kappa shape index (κ1) is 28.2. The molecule has 0 aliphatic rings. The molecule has 10 nitrogen and oxygen atoms in total. The van der Waals surface area contributed by atoms with Crippen LogP contribution < -0.4 is 10.9 Å². The van der Waals surface area contributed by atoms with E-state index < -0.39 is 17.1 Å². The van der Waals surface area contributed by atoms with E-state index in [1.165, 1.54) is 16.9 Å². The molecule has 206 valence electrons. The highest BCUT2D eigenvalue weighted by Gasteiger charge is 2.20. The van der Waals surface area contributed by atoms with Crippen LogP contribution in [-0.4, -0.2) is 43.0 Å². The first-order chi connectivity index (χ1) is 19.0. The Morgan fingerprint density at radius 2 is 1.70 bits per heavy atom. The smallest absolute Gasteiger partial charge is 0.306 e. The zero-order chi connectivity index (χ0) is 28.9. The van der Waals surface area contributed by atoms with E-state index in [2.05, 4.69) is 20.4 Å². The molecule has 3 aromatic heterocycles. The number of aromatic amines is 1. The van der Waals surface area contributed by atoms with E-state index in [1.54, 1.807) is 46.0 Å². The number of hydrogen-bond acceptors (Lipinski definition) is 7. The molecule has 1 amide bonds. The van der Waals surface area contributed by atoms with Crippen molar-refractivity contribution in [2.45, 2.75) is 52.6 Å². The predicted octanol–water partition coefficient (Wildman–Crippen LogP) is 4.42. The van der Waals surface area contributed by atoms with Gasteiger partial charge in [-0.25, -0.2) is 9.67 Å². The van der Waals surface area contributed by atoms with Gasteiger partial charge in [-0.1, -0.05) is 30.3 Å². The highest BCUT2D eigenvalue weighted by Crippen LogP contribution is 2.18. The van der Waals surface area contributed by atoms with E-state index in [-0.39, 0.29) is 36.8 Å². The van der Waals surface area contributed by atoms with Gasteiger partial charge in [0, 0.05) is 35.9 Å². The topological polar surface area (TPSA) is 136 Å². The molecule has 0 spiro atoms. The lowest BCUT2D eigenvalue weighted by Crippen LogP contribution is -2.24. The van der Waals surface area contributed by atoms with Gasteiger partial charge in [0.15, 0.2) is 5.82 Å². The lowest BCUT2D eigenvalue weighted by atomic mass is 10.1. The van der Waals surface area contributed by atoms with E-state index in [9.17, 15) is 19.2 Å². The Labute approximate surface area is 231 Å². The Hall–Kier alpha value is -4.86. The summed E-state index contributed by atoms with van der Waals surface area (Å²) in [5.41, 5.74) is 2.37. The van der Waals surface area contributed by atoms with Gasteiger partial charge in [-0.05, 0) is 52.0 Å². The molecular weight excluding hydrogens is 510 g/mol. The third-order valence-corrected chi connectivity index (χ3v) is 5.93. The molecule has 3 heterocycles. The Bertz CT molecular complexity index is 1560. The number of Topliss-reactive ketones (excluding diaryl/α,β-unsaturated/α-hetero) is 1. The van der Waals surface area contributed by atoms with Crippen molar-refractivity contribution in [3.05, 3.63) is 94.2 Å². The fraction of sp³-hybridized carbons (Fsp3) is 0.267. The van der Waals surface area contributed by atoms with Crippen LogP contribution in [0.5, 0.6) is 0 Å². The molecule has 0 fully saturated rings. The minimum absolute atomic E-state index is 0.0223. The fourth-order valence-electron chi connectivity index (χ4n) is 3.97. The number of pyridine rings is 2. The van der Waals surface area contributed by atoms with Crippen LogP contribution in [0.15, 0.2) is 71.8 Å². The molecule has 0 atom stereocenters. The van der Waals surface area contributed by atoms with Gasteiger partial charge in [0.25, 0.3) is 11.5 Å². The first-order valence-electron chi connectivity index (χ1n) is 12.8. The number of anilines is 1. The standard InChI is InChI=1S/C30H31N5O5/c1-19-24(16-23(36)12-15-27(37)40-30(2,3)4)29(39)35(34-19)26-14-10-21(17-32-26)28(38)33-22-11-13-25(31-18-22)20-8-6-5-7-9-20/h5-11,13-14,17-18,34H,12,15-16H2,1-4H3,(H,33,38). The molecule has 0 aliphatic heterocycles. The average Bonchev–Trinajstić information content (AvgIpc) is 3.20. The Morgan fingerprint density at radius 3 is 2.33 bits per heavy atom. The zero-order valence-electron chi connectivity index (χ0n) is 22.9. The summed E-state index contributed by atoms with van der Waals surface area (Å²) in [7, 11) is 0. The van der Waals surface area contributed by atoms with Crippen LogP contribution in [0.4, 0.5) is 5.69 Å². The predicted molar refractivity (Wildman–Crippen MR) is 150 cm³/mol. The summed E-state index contributed by atoms with van der Waals surface area (Å²) < 4.78 is 6.45. The van der Waals surface area contributed by atoms with Gasteiger partial charge in [0.05, 0.1) is 29.6 Å². The number of carbonyl (C=O) groups excluding carboxylic acids is 3. The number of carbonyl (C=O) groups is 3. The van der Waals surface area contributed by atoms with Crippen LogP contribution in [0.25, 0.3) is 17.1 Å². The molecule has 0 unspecified atom stereocenters. The minimum atomic E-state index is -0.625. The molecule has 1 aromatic carbocycles. The van der Waals surface area contributed by atoms with Crippen molar-refractivity contribution < 1.29 is 19.1 Å². The molecule has 10 heteroatoms. The summed E-state index contributed by atoms with van der Waals surface area (Å²) >= 11 is 0. The number of aryl methyl sites for hydroxylation is 1. The van der Waals surface area contributed by atoms with Crippen molar-refractivity contribution in [1.82, 2.24) is 19.7 Å². The largest absolute Gasteiger partial charge is 0.460 e. The number of ketones is 1. The lowest BCUT2D eigenvalue weighted by Gasteiger charge is -2.19. The molecule has 4 rings (SSSR count). The fourth-order valence-corrected chi connectivity index (χ4v) is 3.97. The monoisotopic (exact) mass is 541 g/mol. The van der Waals surface area contributed by atoms with Crippen LogP contribution in [0.2, 0.25) is 0 Å². The average molecular weight is 542 g/mol. The van der Waals surface area contributed by atoms with Crippen LogP contribution in [0, 0.1) is 6.92 Å². The number of benzene rings is 1. The maximum atomic E-state index is 13.0. The number of rotatable bonds is 9. The van der Waals surface area contributed by atoms with E-state index >= 15 is 0 Å². The van der Waals surface area contributed by atoms with Crippen LogP contribution in [-0.2, 0) is 20.7 Å². The summed E-state index contributed by atoms with van der Waals surface area (Å²) in [5, 5.41) is 5.71. The van der Waals surface area contributed by atoms with Gasteiger partial charge in [0.1, 0.15) is 11.4 Å². The zero-order valence-corrected chi connectivity index (χ0v) is 22.9. The van der Waals surface area contributed by atoms with Crippen LogP contribution in [0.1, 0.15) is 55.2 Å². The molecule has 0 radical (unpaired) electrons. The van der Waals surface area contributed by atoms with Crippen molar-refractivity contribution in [1.29, 1.82) is 0 Å². The molecular formula is C30H31N5O5. The van der Waals surface area contributed by atoms with Gasteiger partial charge in [-0.2, -0.15) is 0 Å². The summed E-state index contributed by atoms with van der Waals surface area (Å²) in [4.78, 5) is 58.8. The van der Waals surface area contributed by atoms with E-state index in [1.807, 2.05) is 36.4 Å². The summed E-state index contributed by atoms with van der Waals surface area (Å²) in [6.07, 6.45) is 2.76. The number of ether oxygens (including phenoxy) is 1. The normalized spacial score (nSPS) is 11.2. The minimum Gasteiger partial charge on any atom is -0.460 e. The SMILES string of the molecule is Cc1[nH]n(-c2ccc(C(=O)Nc3ccc(-c4ccccc4)nc3)cn2)c(=O)c1CC(=O)CCC(=O)OC(C)(C)C. The second kappa shape index (κ2) is 11.9. The number of hydrogen-bond donors (Lipinski definition) is 2. The summed E-state index contributed by atoms with van der Waals surface area (Å²) in [5.74, 6) is -0.813. The number of amides is 1. The highest BCUT2D eigenvalue weighted by atomic mass is 16.6. The van der Waals surface area contributed by atoms with Crippen molar-refractivity contribution in [2.24, 2.45) is 0 Å². The van der Waals surface area contributed by atoms with Crippen LogP contribution in [0.3, 0.4) is 0 Å². The van der Waals surface area contributed by atoms with Crippen LogP contribution >= 0.6 is 0 Å². The van der Waals surface area contributed by atoms with Gasteiger partial charge in [-0.3, -0.25) is 29.3 Å². The summed E-state index contributed by atoms with van der Waals surface area (Å²) in [6.45, 7) is 6.96. The Morgan fingerprint density at radius 1 is 0.950 bits per heavy atom. The van der Waals surface area contributed by atoms with Gasteiger partial charge < -0.3 is 10.1 Å². The third-order valence-electron chi connectivity index (χ3n) is 5.93. The van der Waals surface area contributed by atoms with Crippen molar-refractivity contribution in [3.8, 4) is 17.1 Å². The van der Waals surface area contributed by atoms with Crippen molar-refractivity contribution in [3.63, 3.8) is 0 Å². The number of aromatic nitrogens is 4. The second-order valence-corrected chi connectivity index (χ2v) is 10.3. The quantitative estimate of drug-likeness (QED) is 0.299. The maximum Gasteiger partial charge on any atom is 0.306 e. The number of esters is 1. The van der Waals surface area contributed by atoms with Crippen molar-refractivity contribution in [2.75, 3.05) is 5.32 Å². The third kappa shape index (κ3) is 7.16. The van der Waals surface area contributed by atoms with E-state index in [4.69, 9.17) is 4.74 Å². The molecule has 2 N–H and O–H groups in total. The Kier molecular flexibility index (Phi) is 8.37. The Balaban J connectivity index is 1.38. The van der Waals surface area contributed by atoms with Crippen molar-refractivity contribution >= 4 is 23.3 Å². The van der Waals surface area contributed by atoms with Gasteiger partial charge in [-0.15, -0.1) is 0 Å². The summed E-state index contributed by atoms with van der Waals surface area (Å²) in [6, 6.07) is 16.4. The second-order valence-electron chi connectivity index (χ2n) is 10.3. The van der Waals surface area contributed by atoms with Gasteiger partial charge in [0.2, 0.25) is 0 Å². The number of nitrogens with one attached hydrogen (secondary N) is 2. The molecule has 40 heavy (non-hydrogen) atoms. The lowest BCUT2D eigenvalue weighted by molar-refractivity contribution is -0.155. The highest BCUT2D eigenvalue weighted by molar-refractivity contribution is 6.04. The molecule has 0 bridgehead atoms.